The van der Waals surface area contributed by atoms with E-state index in [9.17, 15) is 15.6 Å². The summed E-state index contributed by atoms with van der Waals surface area (Å²) >= 11 is 0. The van der Waals surface area contributed by atoms with Gasteiger partial charge in [0.15, 0.2) is 11.5 Å². The number of nitriles is 2. The summed E-state index contributed by atoms with van der Waals surface area (Å²) in [5, 5.41) is 36.2. The maximum atomic E-state index is 12.4. The van der Waals surface area contributed by atoms with E-state index in [1.54, 1.807) is 25.5 Å². The zero-order chi connectivity index (χ0) is 19.3. The number of allylic oxidation sites excluding steroid dienone is 2. The smallest absolute Gasteiger partial charge is 0.324 e. The Balaban J connectivity index is 2.22. The molecule has 26 heavy (non-hydrogen) atoms. The van der Waals surface area contributed by atoms with Gasteiger partial charge in [-0.25, -0.2) is 4.99 Å². The Bertz CT molecular complexity index is 846. The molecule has 0 N–H and O–H groups in total. The number of fused-ring (bicyclic) bond motifs is 2. The molecular formula is C19H23N5O2. The Hall–Kier alpha value is -2.67. The predicted molar refractivity (Wildman–Crippen MR) is 90.8 cm³/mol. The largest absolute Gasteiger partial charge is 0.861 e. The van der Waals surface area contributed by atoms with Gasteiger partial charge in [0.2, 0.25) is 5.27 Å². The highest BCUT2D eigenvalue weighted by molar-refractivity contribution is 5.79. The van der Waals surface area contributed by atoms with Gasteiger partial charge in [0.1, 0.15) is 0 Å². The summed E-state index contributed by atoms with van der Waals surface area (Å²) in [6.07, 6.45) is 4.75. The van der Waals surface area contributed by atoms with Crippen LogP contribution < -0.4 is 9.79 Å². The van der Waals surface area contributed by atoms with Crippen LogP contribution in [0.5, 0.6) is 0 Å². The molecule has 1 aromatic heterocycles. The monoisotopic (exact) mass is 353 g/mol. The van der Waals surface area contributed by atoms with E-state index < -0.39 is 16.7 Å². The minimum atomic E-state index is -1.20. The van der Waals surface area contributed by atoms with Crippen molar-refractivity contribution in [3.05, 3.63) is 17.8 Å². The lowest BCUT2D eigenvalue weighted by Crippen LogP contribution is -2.46. The van der Waals surface area contributed by atoms with Gasteiger partial charge in [0.05, 0.1) is 18.1 Å². The zero-order valence-electron chi connectivity index (χ0n) is 15.7. The van der Waals surface area contributed by atoms with Crippen LogP contribution in [0.1, 0.15) is 58.7 Å². The molecule has 1 saturated carbocycles. The minimum Gasteiger partial charge on any atom is -0.861 e. The van der Waals surface area contributed by atoms with Crippen molar-refractivity contribution >= 4 is 11.8 Å². The standard InChI is InChI=1S/C19H23N5O2/c1-11(2)24-15(16(26-23-24)22-17(25)18(3,4)5)14-12-6-7-13(8-12)19(14,9-20)10-21/h6-7,11-14H,8H2,1-5H3. The maximum absolute atomic E-state index is 12.4. The Kier molecular flexibility index (Phi) is 4.15. The lowest BCUT2D eigenvalue weighted by atomic mass is 9.69. The Morgan fingerprint density at radius 1 is 1.38 bits per heavy atom. The summed E-state index contributed by atoms with van der Waals surface area (Å²) in [7, 11) is 0. The third-order valence-electron chi connectivity index (χ3n) is 5.30. The fraction of sp³-hybridized carbons (Fsp3) is 0.632. The van der Waals surface area contributed by atoms with Gasteiger partial charge in [-0.15, -0.1) is 0 Å². The van der Waals surface area contributed by atoms with Gasteiger partial charge >= 0.3 is 5.88 Å². The van der Waals surface area contributed by atoms with Gasteiger partial charge in [-0.3, -0.25) is 4.52 Å². The lowest BCUT2D eigenvalue weighted by molar-refractivity contribution is -0.786. The van der Waals surface area contributed by atoms with Gasteiger partial charge in [0, 0.05) is 19.8 Å². The predicted octanol–water partition coefficient (Wildman–Crippen LogP) is 2.30. The van der Waals surface area contributed by atoms with Gasteiger partial charge in [0.25, 0.3) is 5.69 Å². The second-order valence-electron chi connectivity index (χ2n) is 8.43. The van der Waals surface area contributed by atoms with E-state index in [-0.39, 0.29) is 29.7 Å². The van der Waals surface area contributed by atoms with Crippen LogP contribution in [0.25, 0.3) is 0 Å². The molecule has 3 atom stereocenters. The van der Waals surface area contributed by atoms with Crippen molar-refractivity contribution in [3.63, 3.8) is 0 Å². The summed E-state index contributed by atoms with van der Waals surface area (Å²) < 4.78 is 7.06. The van der Waals surface area contributed by atoms with Crippen molar-refractivity contribution < 1.29 is 14.3 Å². The third-order valence-corrected chi connectivity index (χ3v) is 5.30. The van der Waals surface area contributed by atoms with Crippen LogP contribution in [-0.4, -0.2) is 11.2 Å². The second kappa shape index (κ2) is 5.95. The van der Waals surface area contributed by atoms with E-state index in [4.69, 9.17) is 4.52 Å². The van der Waals surface area contributed by atoms with Crippen LogP contribution in [0.3, 0.4) is 0 Å². The van der Waals surface area contributed by atoms with E-state index in [0.29, 0.717) is 5.69 Å². The van der Waals surface area contributed by atoms with Crippen LogP contribution in [-0.2, 0) is 0 Å². The molecule has 0 radical (unpaired) electrons. The number of rotatable bonds is 3. The molecule has 136 valence electrons. The van der Waals surface area contributed by atoms with Gasteiger partial charge in [-0.2, -0.15) is 10.5 Å². The molecule has 2 aliphatic carbocycles. The van der Waals surface area contributed by atoms with Crippen LogP contribution in [0, 0.1) is 45.3 Å². The third kappa shape index (κ3) is 2.50. The first-order valence-electron chi connectivity index (χ1n) is 8.84. The molecule has 0 aromatic carbocycles. The summed E-state index contributed by atoms with van der Waals surface area (Å²) in [5.74, 6) is -0.743. The minimum absolute atomic E-state index is 0.0300. The quantitative estimate of drug-likeness (QED) is 0.358. The molecule has 0 spiro atoms. The van der Waals surface area contributed by atoms with Gasteiger partial charge in [-0.1, -0.05) is 32.9 Å². The zero-order valence-corrected chi connectivity index (χ0v) is 15.7. The van der Waals surface area contributed by atoms with Gasteiger partial charge < -0.3 is 5.11 Å². The Morgan fingerprint density at radius 3 is 2.58 bits per heavy atom. The Labute approximate surface area is 153 Å². The van der Waals surface area contributed by atoms with Crippen molar-refractivity contribution in [2.45, 2.75) is 53.0 Å². The first-order chi connectivity index (χ1) is 12.2. The highest BCUT2D eigenvalue weighted by Gasteiger charge is 2.63. The summed E-state index contributed by atoms with van der Waals surface area (Å²) in [6, 6.07) is 4.45. The normalized spacial score (nSPS) is 26.9. The first-order valence-corrected chi connectivity index (χ1v) is 8.84. The molecule has 0 aliphatic heterocycles. The molecule has 0 amide bonds. The van der Waals surface area contributed by atoms with E-state index in [1.807, 2.05) is 19.9 Å². The van der Waals surface area contributed by atoms with Crippen LogP contribution >= 0.6 is 0 Å². The van der Waals surface area contributed by atoms with E-state index in [0.717, 1.165) is 6.42 Å². The molecule has 7 nitrogen and oxygen atoms in total. The van der Waals surface area contributed by atoms with Crippen molar-refractivity contribution in [1.82, 2.24) is 5.27 Å². The molecule has 3 unspecified atom stereocenters. The lowest BCUT2D eigenvalue weighted by Gasteiger charge is -2.27. The van der Waals surface area contributed by atoms with Crippen LogP contribution in [0.15, 0.2) is 21.7 Å². The number of aliphatic imine (C=N–C) groups is 1. The first kappa shape index (κ1) is 18.1. The summed E-state index contributed by atoms with van der Waals surface area (Å²) in [6.45, 7) is 9.21. The van der Waals surface area contributed by atoms with Crippen molar-refractivity contribution in [1.29, 1.82) is 10.5 Å². The summed E-state index contributed by atoms with van der Waals surface area (Å²) in [4.78, 5) is 4.16. The van der Waals surface area contributed by atoms with E-state index in [2.05, 4.69) is 28.5 Å². The van der Waals surface area contributed by atoms with E-state index in [1.165, 1.54) is 0 Å². The molecular weight excluding hydrogens is 330 g/mol. The van der Waals surface area contributed by atoms with Crippen molar-refractivity contribution in [2.24, 2.45) is 27.7 Å². The van der Waals surface area contributed by atoms with Crippen LogP contribution in [0.4, 0.5) is 5.88 Å². The molecule has 1 heterocycles. The molecule has 1 aromatic rings. The number of hydrogen-bond donors (Lipinski definition) is 0. The molecule has 3 rings (SSSR count). The average Bonchev–Trinajstić information content (AvgIpc) is 3.26. The SMILES string of the molecule is CC(C)[n+]1noc(/N=C(\[O-])C(C)(C)C)c1C1C2C=CC(C2)C1(C#N)C#N. The topological polar surface area (TPSA) is 113 Å². The molecule has 7 heteroatoms. The maximum Gasteiger partial charge on any atom is 0.324 e. The molecule has 0 saturated heterocycles. The molecule has 2 aliphatic rings. The fourth-order valence-electron chi connectivity index (χ4n) is 3.89. The van der Waals surface area contributed by atoms with Crippen molar-refractivity contribution in [3.8, 4) is 12.1 Å². The number of aromatic nitrogens is 2. The number of nitrogens with zero attached hydrogens (tertiary/aromatic N) is 5. The van der Waals surface area contributed by atoms with E-state index >= 15 is 0 Å². The average molecular weight is 353 g/mol. The number of hydrogen-bond acceptors (Lipinski definition) is 6. The summed E-state index contributed by atoms with van der Waals surface area (Å²) in [5.41, 5.74) is -1.29. The fourth-order valence-corrected chi connectivity index (χ4v) is 3.89. The Morgan fingerprint density at radius 2 is 2.04 bits per heavy atom. The van der Waals surface area contributed by atoms with Gasteiger partial charge in [-0.05, 0) is 28.3 Å². The highest BCUT2D eigenvalue weighted by atomic mass is 16.5. The molecule has 2 bridgehead atoms. The highest BCUT2D eigenvalue weighted by Crippen LogP contribution is 2.60. The van der Waals surface area contributed by atoms with Crippen LogP contribution in [0.2, 0.25) is 0 Å². The van der Waals surface area contributed by atoms with Crippen molar-refractivity contribution in [2.75, 3.05) is 0 Å². The second-order valence-corrected chi connectivity index (χ2v) is 8.43. The molecule has 1 fully saturated rings.